The number of aromatic amines is 1. The highest BCUT2D eigenvalue weighted by atomic mass is 16.5. The number of hydrogen-bond donors (Lipinski definition) is 2. The van der Waals surface area contributed by atoms with Crippen LogP contribution in [0.5, 0.6) is 0 Å². The van der Waals surface area contributed by atoms with Crippen LogP contribution >= 0.6 is 0 Å². The summed E-state index contributed by atoms with van der Waals surface area (Å²) in [7, 11) is 0. The van der Waals surface area contributed by atoms with E-state index in [1.165, 1.54) is 6.33 Å². The average molecular weight is 194 g/mol. The molecule has 1 aliphatic rings. The third-order valence-corrected chi connectivity index (χ3v) is 1.88. The Morgan fingerprint density at radius 3 is 3.21 bits per heavy atom. The molecule has 1 atom stereocenters. The monoisotopic (exact) mass is 194 g/mol. The molecule has 6 heteroatoms. The van der Waals surface area contributed by atoms with Crippen molar-refractivity contribution < 1.29 is 9.53 Å². The molecule has 74 valence electrons. The number of H-pyrrole nitrogens is 1. The number of carbonyl (C=O) groups excluding carboxylic acids is 1. The van der Waals surface area contributed by atoms with Crippen LogP contribution in [0.4, 0.5) is 5.95 Å². The molecule has 0 bridgehead atoms. The summed E-state index contributed by atoms with van der Waals surface area (Å²) in [6.07, 6.45) is 3.56. The number of anilines is 1. The molecule has 2 N–H and O–H groups in total. The van der Waals surface area contributed by atoms with E-state index in [2.05, 4.69) is 20.5 Å². The second-order valence-corrected chi connectivity index (χ2v) is 3.07. The van der Waals surface area contributed by atoms with Crippen molar-refractivity contribution in [2.45, 2.75) is 19.4 Å². The van der Waals surface area contributed by atoms with Crippen LogP contribution in [0.25, 0.3) is 0 Å². The van der Waals surface area contributed by atoms with Gasteiger partial charge < -0.3 is 10.1 Å². The Hall–Kier alpha value is -1.85. The van der Waals surface area contributed by atoms with Gasteiger partial charge in [-0.25, -0.2) is 9.89 Å². The van der Waals surface area contributed by atoms with E-state index < -0.39 is 0 Å². The van der Waals surface area contributed by atoms with Crippen LogP contribution in [0.2, 0.25) is 0 Å². The van der Waals surface area contributed by atoms with E-state index in [4.69, 9.17) is 4.74 Å². The highest BCUT2D eigenvalue weighted by Gasteiger charge is 2.25. The molecule has 1 aliphatic heterocycles. The normalized spacial score (nSPS) is 23.9. The maximum atomic E-state index is 11.2. The molecule has 0 amide bonds. The number of ether oxygens (including phenoxy) is 1. The summed E-state index contributed by atoms with van der Waals surface area (Å²) < 4.78 is 4.95. The number of rotatable bonds is 2. The molecule has 0 radical (unpaired) electrons. The van der Waals surface area contributed by atoms with E-state index in [0.717, 1.165) is 0 Å². The highest BCUT2D eigenvalue weighted by Crippen LogP contribution is 2.19. The molecule has 1 aromatic heterocycles. The first kappa shape index (κ1) is 8.74. The third-order valence-electron chi connectivity index (χ3n) is 1.88. The van der Waals surface area contributed by atoms with Gasteiger partial charge in [-0.15, -0.1) is 0 Å². The van der Waals surface area contributed by atoms with Gasteiger partial charge in [-0.1, -0.05) is 0 Å². The molecule has 2 rings (SSSR count). The fraction of sp³-hybridized carbons (Fsp3) is 0.375. The molecular formula is C8H10N4O2. The number of esters is 1. The highest BCUT2D eigenvalue weighted by molar-refractivity contribution is 5.90. The Balaban J connectivity index is 2.02. The molecule has 6 nitrogen and oxygen atoms in total. The van der Waals surface area contributed by atoms with Crippen molar-refractivity contribution in [2.75, 3.05) is 5.32 Å². The van der Waals surface area contributed by atoms with Crippen LogP contribution in [-0.2, 0) is 9.53 Å². The van der Waals surface area contributed by atoms with Gasteiger partial charge in [-0.3, -0.25) is 0 Å². The van der Waals surface area contributed by atoms with E-state index >= 15 is 0 Å². The Morgan fingerprint density at radius 2 is 2.64 bits per heavy atom. The van der Waals surface area contributed by atoms with Crippen molar-refractivity contribution in [3.05, 3.63) is 18.1 Å². The zero-order chi connectivity index (χ0) is 9.97. The molecule has 1 saturated heterocycles. The van der Waals surface area contributed by atoms with Crippen LogP contribution < -0.4 is 5.32 Å². The van der Waals surface area contributed by atoms with E-state index in [-0.39, 0.29) is 12.1 Å². The Kier molecular flexibility index (Phi) is 2.18. The lowest BCUT2D eigenvalue weighted by molar-refractivity contribution is -0.138. The zero-order valence-corrected chi connectivity index (χ0v) is 7.65. The first-order valence-corrected chi connectivity index (χ1v) is 4.27. The van der Waals surface area contributed by atoms with Gasteiger partial charge >= 0.3 is 5.97 Å². The first-order valence-electron chi connectivity index (χ1n) is 4.27. The smallest absolute Gasteiger partial charge is 0.335 e. The van der Waals surface area contributed by atoms with E-state index in [0.29, 0.717) is 17.9 Å². The molecule has 0 saturated carbocycles. The maximum Gasteiger partial charge on any atom is 0.335 e. The van der Waals surface area contributed by atoms with Crippen molar-refractivity contribution in [2.24, 2.45) is 0 Å². The number of hydrogen-bond acceptors (Lipinski definition) is 5. The topological polar surface area (TPSA) is 79.9 Å². The second kappa shape index (κ2) is 3.49. The summed E-state index contributed by atoms with van der Waals surface area (Å²) in [4.78, 5) is 15.0. The molecule has 0 unspecified atom stereocenters. The third kappa shape index (κ3) is 1.73. The molecule has 0 aliphatic carbocycles. The summed E-state index contributed by atoms with van der Waals surface area (Å²) in [5.41, 5.74) is 0.619. The molecule has 2 heterocycles. The number of carbonyl (C=O) groups is 1. The average Bonchev–Trinajstić information content (AvgIpc) is 2.72. The summed E-state index contributed by atoms with van der Waals surface area (Å²) in [6, 6.07) is 0. The lowest BCUT2D eigenvalue weighted by Crippen LogP contribution is -2.00. The Bertz CT molecular complexity index is 357. The standard InChI is InChI=1S/C8H10N4O2/c1-5-2-6(7(13)14-5)3-9-8-10-4-11-12-8/h3-5H,2H2,1H3,(H2,9,10,11,12)/b6-3-/t5-/m0/s1. The van der Waals surface area contributed by atoms with Gasteiger partial charge in [0, 0.05) is 12.6 Å². The predicted molar refractivity (Wildman–Crippen MR) is 48.3 cm³/mol. The fourth-order valence-electron chi connectivity index (χ4n) is 1.24. The minimum Gasteiger partial charge on any atom is -0.459 e. The van der Waals surface area contributed by atoms with Crippen LogP contribution in [-0.4, -0.2) is 27.3 Å². The van der Waals surface area contributed by atoms with E-state index in [9.17, 15) is 4.79 Å². The summed E-state index contributed by atoms with van der Waals surface area (Å²) in [5, 5.41) is 9.10. The van der Waals surface area contributed by atoms with Crippen LogP contribution in [0.3, 0.4) is 0 Å². The van der Waals surface area contributed by atoms with Crippen molar-refractivity contribution in [1.82, 2.24) is 15.2 Å². The van der Waals surface area contributed by atoms with Gasteiger partial charge in [-0.2, -0.15) is 10.1 Å². The molecule has 1 aromatic rings. The zero-order valence-electron chi connectivity index (χ0n) is 7.65. The van der Waals surface area contributed by atoms with Gasteiger partial charge in [0.25, 0.3) is 0 Å². The van der Waals surface area contributed by atoms with E-state index in [1.54, 1.807) is 6.20 Å². The number of cyclic esters (lactones) is 1. The summed E-state index contributed by atoms with van der Waals surface area (Å²) >= 11 is 0. The van der Waals surface area contributed by atoms with E-state index in [1.807, 2.05) is 6.92 Å². The largest absolute Gasteiger partial charge is 0.459 e. The molecular weight excluding hydrogens is 184 g/mol. The first-order chi connectivity index (χ1) is 6.75. The molecule has 0 spiro atoms. The number of nitrogens with zero attached hydrogens (tertiary/aromatic N) is 2. The minimum absolute atomic E-state index is 0.0368. The van der Waals surface area contributed by atoms with Gasteiger partial charge in [0.05, 0.1) is 5.57 Å². The lowest BCUT2D eigenvalue weighted by Gasteiger charge is -1.94. The quantitative estimate of drug-likeness (QED) is 0.527. The minimum atomic E-state index is -0.274. The Morgan fingerprint density at radius 1 is 1.79 bits per heavy atom. The van der Waals surface area contributed by atoms with Crippen LogP contribution in [0, 0.1) is 0 Å². The SMILES string of the molecule is C[C@H]1C/C(=C/Nc2ncn[nH]2)C(=O)O1. The lowest BCUT2D eigenvalue weighted by atomic mass is 10.2. The van der Waals surface area contributed by atoms with Gasteiger partial charge in [-0.05, 0) is 6.92 Å². The predicted octanol–water partition coefficient (Wildman–Crippen LogP) is 0.436. The fourth-order valence-corrected chi connectivity index (χ4v) is 1.24. The molecule has 0 aromatic carbocycles. The molecule has 1 fully saturated rings. The maximum absolute atomic E-state index is 11.2. The summed E-state index contributed by atoms with van der Waals surface area (Å²) in [6.45, 7) is 1.85. The number of nitrogens with one attached hydrogen (secondary N) is 2. The van der Waals surface area contributed by atoms with Crippen LogP contribution in [0.15, 0.2) is 18.1 Å². The van der Waals surface area contributed by atoms with Crippen molar-refractivity contribution >= 4 is 11.9 Å². The van der Waals surface area contributed by atoms with Crippen LogP contribution in [0.1, 0.15) is 13.3 Å². The van der Waals surface area contributed by atoms with Crippen molar-refractivity contribution in [3.63, 3.8) is 0 Å². The number of aromatic nitrogens is 3. The molecule has 14 heavy (non-hydrogen) atoms. The Labute approximate surface area is 80.4 Å². The van der Waals surface area contributed by atoms with Crippen molar-refractivity contribution in [1.29, 1.82) is 0 Å². The van der Waals surface area contributed by atoms with Gasteiger partial charge in [0.15, 0.2) is 0 Å². The van der Waals surface area contributed by atoms with Gasteiger partial charge in [0.2, 0.25) is 5.95 Å². The summed E-state index contributed by atoms with van der Waals surface area (Å²) in [5.74, 6) is 0.231. The van der Waals surface area contributed by atoms with Gasteiger partial charge in [0.1, 0.15) is 12.4 Å². The second-order valence-electron chi connectivity index (χ2n) is 3.07. The van der Waals surface area contributed by atoms with Crippen molar-refractivity contribution in [3.8, 4) is 0 Å².